The van der Waals surface area contributed by atoms with Gasteiger partial charge in [0.15, 0.2) is 11.6 Å². The Bertz CT molecular complexity index is 977. The van der Waals surface area contributed by atoms with Crippen molar-refractivity contribution in [2.45, 2.75) is 13.5 Å². The molecule has 0 spiro atoms. The zero-order chi connectivity index (χ0) is 19.4. The summed E-state index contributed by atoms with van der Waals surface area (Å²) < 4.78 is 39.2. The molecule has 0 aliphatic carbocycles. The maximum Gasteiger partial charge on any atom is 0.270 e. The van der Waals surface area contributed by atoms with E-state index in [1.54, 1.807) is 19.1 Å². The molecule has 27 heavy (non-hydrogen) atoms. The number of hydrogen-bond acceptors (Lipinski definition) is 4. The standard InChI is InChI=1S/C19H15F3N4O/c1-11-8-17(18(27)23-10-12-2-4-13(20)5-3-12)26-19(24-11)25-14-6-7-15(21)16(22)9-14/h2-9H,10H2,1H3,(H,23,27)(H,24,25,26). The van der Waals surface area contributed by atoms with Crippen molar-refractivity contribution in [3.63, 3.8) is 0 Å². The lowest BCUT2D eigenvalue weighted by molar-refractivity contribution is 0.0945. The van der Waals surface area contributed by atoms with E-state index in [4.69, 9.17) is 0 Å². The molecule has 0 bridgehead atoms. The molecule has 1 aromatic heterocycles. The number of aryl methyl sites for hydroxylation is 1. The Morgan fingerprint density at radius 3 is 2.41 bits per heavy atom. The Labute approximate surface area is 153 Å². The van der Waals surface area contributed by atoms with Crippen LogP contribution in [0.2, 0.25) is 0 Å². The largest absolute Gasteiger partial charge is 0.347 e. The van der Waals surface area contributed by atoms with Crippen molar-refractivity contribution >= 4 is 17.5 Å². The van der Waals surface area contributed by atoms with Crippen molar-refractivity contribution in [3.8, 4) is 0 Å². The smallest absolute Gasteiger partial charge is 0.270 e. The number of carbonyl (C=O) groups excluding carboxylic acids is 1. The van der Waals surface area contributed by atoms with Gasteiger partial charge in [0.2, 0.25) is 5.95 Å². The van der Waals surface area contributed by atoms with Crippen molar-refractivity contribution in [2.24, 2.45) is 0 Å². The molecule has 8 heteroatoms. The van der Waals surface area contributed by atoms with E-state index in [-0.39, 0.29) is 29.7 Å². The van der Waals surface area contributed by atoms with Gasteiger partial charge >= 0.3 is 0 Å². The molecule has 2 aromatic carbocycles. The molecule has 3 rings (SSSR count). The molecule has 0 aliphatic rings. The average molecular weight is 372 g/mol. The third-order valence-electron chi connectivity index (χ3n) is 3.63. The number of rotatable bonds is 5. The van der Waals surface area contributed by atoms with E-state index in [0.29, 0.717) is 5.69 Å². The molecule has 0 saturated carbocycles. The predicted molar refractivity (Wildman–Crippen MR) is 94.0 cm³/mol. The fourth-order valence-electron chi connectivity index (χ4n) is 2.32. The fourth-order valence-corrected chi connectivity index (χ4v) is 2.32. The highest BCUT2D eigenvalue weighted by Crippen LogP contribution is 2.17. The van der Waals surface area contributed by atoms with Gasteiger partial charge in [0.25, 0.3) is 5.91 Å². The summed E-state index contributed by atoms with van der Waals surface area (Å²) in [5.41, 5.74) is 1.60. The number of anilines is 2. The number of aromatic nitrogens is 2. The highest BCUT2D eigenvalue weighted by atomic mass is 19.2. The Hall–Kier alpha value is -3.42. The van der Waals surface area contributed by atoms with Gasteiger partial charge in [-0.2, -0.15) is 0 Å². The molecule has 0 unspecified atom stereocenters. The number of amides is 1. The van der Waals surface area contributed by atoms with E-state index in [1.165, 1.54) is 24.3 Å². The summed E-state index contributed by atoms with van der Waals surface area (Å²) in [6.45, 7) is 1.88. The second kappa shape index (κ2) is 7.86. The minimum absolute atomic E-state index is 0.0768. The lowest BCUT2D eigenvalue weighted by Crippen LogP contribution is -2.24. The first kappa shape index (κ1) is 18.4. The summed E-state index contributed by atoms with van der Waals surface area (Å²) in [5.74, 6) is -2.70. The summed E-state index contributed by atoms with van der Waals surface area (Å²) in [6, 6.07) is 10.5. The molecule has 3 aromatic rings. The molecular weight excluding hydrogens is 357 g/mol. The van der Waals surface area contributed by atoms with Crippen molar-refractivity contribution in [1.29, 1.82) is 0 Å². The Morgan fingerprint density at radius 2 is 1.70 bits per heavy atom. The predicted octanol–water partition coefficient (Wildman–Crippen LogP) is 3.88. The highest BCUT2D eigenvalue weighted by molar-refractivity contribution is 5.92. The van der Waals surface area contributed by atoms with E-state index >= 15 is 0 Å². The number of carbonyl (C=O) groups is 1. The number of nitrogens with one attached hydrogen (secondary N) is 2. The van der Waals surface area contributed by atoms with Crippen LogP contribution >= 0.6 is 0 Å². The third-order valence-corrected chi connectivity index (χ3v) is 3.63. The minimum Gasteiger partial charge on any atom is -0.347 e. The van der Waals surface area contributed by atoms with Gasteiger partial charge in [-0.25, -0.2) is 23.1 Å². The molecular formula is C19H15F3N4O. The molecule has 5 nitrogen and oxygen atoms in total. The second-order valence-corrected chi connectivity index (χ2v) is 5.78. The van der Waals surface area contributed by atoms with Crippen LogP contribution in [0.15, 0.2) is 48.5 Å². The zero-order valence-corrected chi connectivity index (χ0v) is 14.3. The van der Waals surface area contributed by atoms with Gasteiger partial charge in [-0.1, -0.05) is 12.1 Å². The minimum atomic E-state index is -1.01. The van der Waals surface area contributed by atoms with Gasteiger partial charge in [0.1, 0.15) is 11.5 Å². The normalized spacial score (nSPS) is 10.5. The molecule has 0 atom stereocenters. The molecule has 0 aliphatic heterocycles. The number of nitrogens with zero attached hydrogens (tertiary/aromatic N) is 2. The van der Waals surface area contributed by atoms with Gasteiger partial charge in [0.05, 0.1) is 0 Å². The summed E-state index contributed by atoms with van der Waals surface area (Å²) in [5, 5.41) is 5.42. The van der Waals surface area contributed by atoms with Gasteiger partial charge in [-0.3, -0.25) is 4.79 Å². The first-order chi connectivity index (χ1) is 12.9. The van der Waals surface area contributed by atoms with Gasteiger partial charge < -0.3 is 10.6 Å². The second-order valence-electron chi connectivity index (χ2n) is 5.78. The first-order valence-electron chi connectivity index (χ1n) is 8.01. The Morgan fingerprint density at radius 1 is 0.963 bits per heavy atom. The van der Waals surface area contributed by atoms with E-state index in [9.17, 15) is 18.0 Å². The van der Waals surface area contributed by atoms with Gasteiger partial charge in [-0.05, 0) is 42.8 Å². The van der Waals surface area contributed by atoms with Crippen molar-refractivity contribution < 1.29 is 18.0 Å². The van der Waals surface area contributed by atoms with Gasteiger partial charge in [0, 0.05) is 24.0 Å². The van der Waals surface area contributed by atoms with Gasteiger partial charge in [-0.15, -0.1) is 0 Å². The molecule has 0 radical (unpaired) electrons. The summed E-state index contributed by atoms with van der Waals surface area (Å²) in [6.07, 6.45) is 0. The molecule has 0 saturated heterocycles. The Kier molecular flexibility index (Phi) is 5.35. The van der Waals surface area contributed by atoms with Crippen LogP contribution < -0.4 is 10.6 Å². The van der Waals surface area contributed by atoms with Crippen LogP contribution in [-0.4, -0.2) is 15.9 Å². The topological polar surface area (TPSA) is 66.9 Å². The van der Waals surface area contributed by atoms with Crippen LogP contribution in [0.1, 0.15) is 21.7 Å². The quantitative estimate of drug-likeness (QED) is 0.713. The maximum absolute atomic E-state index is 13.3. The van der Waals surface area contributed by atoms with E-state index < -0.39 is 17.5 Å². The number of halogens is 3. The SMILES string of the molecule is Cc1cc(C(=O)NCc2ccc(F)cc2)nc(Nc2ccc(F)c(F)c2)n1. The summed E-state index contributed by atoms with van der Waals surface area (Å²) in [7, 11) is 0. The van der Waals surface area contributed by atoms with Crippen LogP contribution in [0, 0.1) is 24.4 Å². The molecule has 0 fully saturated rings. The number of hydrogen-bond donors (Lipinski definition) is 2. The Balaban J connectivity index is 1.72. The van der Waals surface area contributed by atoms with Crippen molar-refractivity contribution in [2.75, 3.05) is 5.32 Å². The number of benzene rings is 2. The van der Waals surface area contributed by atoms with E-state index in [0.717, 1.165) is 17.7 Å². The fraction of sp³-hybridized carbons (Fsp3) is 0.105. The lowest BCUT2D eigenvalue weighted by Gasteiger charge is -2.09. The first-order valence-corrected chi connectivity index (χ1v) is 8.01. The highest BCUT2D eigenvalue weighted by Gasteiger charge is 2.11. The summed E-state index contributed by atoms with van der Waals surface area (Å²) in [4.78, 5) is 20.6. The summed E-state index contributed by atoms with van der Waals surface area (Å²) >= 11 is 0. The van der Waals surface area contributed by atoms with Crippen LogP contribution in [0.25, 0.3) is 0 Å². The zero-order valence-electron chi connectivity index (χ0n) is 14.3. The molecule has 138 valence electrons. The monoisotopic (exact) mass is 372 g/mol. The molecule has 2 N–H and O–H groups in total. The van der Waals surface area contributed by atoms with E-state index in [2.05, 4.69) is 20.6 Å². The molecule has 1 amide bonds. The van der Waals surface area contributed by atoms with Crippen LogP contribution in [0.5, 0.6) is 0 Å². The molecule has 1 heterocycles. The maximum atomic E-state index is 13.3. The van der Waals surface area contributed by atoms with E-state index in [1.807, 2.05) is 0 Å². The average Bonchev–Trinajstić information content (AvgIpc) is 2.63. The lowest BCUT2D eigenvalue weighted by atomic mass is 10.2. The van der Waals surface area contributed by atoms with Crippen LogP contribution in [-0.2, 0) is 6.54 Å². The van der Waals surface area contributed by atoms with Crippen LogP contribution in [0.4, 0.5) is 24.8 Å². The van der Waals surface area contributed by atoms with Crippen molar-refractivity contribution in [1.82, 2.24) is 15.3 Å². The van der Waals surface area contributed by atoms with Crippen molar-refractivity contribution in [3.05, 3.63) is 82.9 Å². The van der Waals surface area contributed by atoms with Crippen LogP contribution in [0.3, 0.4) is 0 Å². The third kappa shape index (κ3) is 4.81.